The summed E-state index contributed by atoms with van der Waals surface area (Å²) in [6.45, 7) is 4.69. The van der Waals surface area contributed by atoms with Crippen LogP contribution in [0, 0.1) is 0 Å². The van der Waals surface area contributed by atoms with Crippen LogP contribution < -0.4 is 0 Å². The van der Waals surface area contributed by atoms with Crippen molar-refractivity contribution in [1.82, 2.24) is 9.21 Å². The van der Waals surface area contributed by atoms with Crippen LogP contribution in [0.2, 0.25) is 0 Å². The van der Waals surface area contributed by atoms with Gasteiger partial charge < -0.3 is 9.66 Å². The molecule has 3 atom stereocenters. The minimum absolute atomic E-state index is 0.192. The van der Waals surface area contributed by atoms with Crippen LogP contribution in [-0.4, -0.2) is 59.6 Å². The van der Waals surface area contributed by atoms with Crippen molar-refractivity contribution in [2.24, 2.45) is 0 Å². The molecule has 8 heteroatoms. The number of aliphatic hydroxyl groups is 1. The van der Waals surface area contributed by atoms with Gasteiger partial charge in [-0.15, -0.1) is 0 Å². The number of hydrogen-bond acceptors (Lipinski definition) is 5. The van der Waals surface area contributed by atoms with Crippen LogP contribution in [-0.2, 0) is 11.3 Å². The third-order valence-electron chi connectivity index (χ3n) is 3.92. The second-order valence-corrected chi connectivity index (χ2v) is 6.65. The maximum Gasteiger partial charge on any atom is 0.261 e. The Morgan fingerprint density at radius 1 is 1.17 bits per heavy atom. The molecule has 2 amide bonds. The highest BCUT2D eigenvalue weighted by atomic mass is 32.2. The van der Waals surface area contributed by atoms with Crippen molar-refractivity contribution >= 4 is 23.1 Å². The Labute approximate surface area is 137 Å². The van der Waals surface area contributed by atoms with E-state index in [0.29, 0.717) is 11.1 Å². The summed E-state index contributed by atoms with van der Waals surface area (Å²) in [4.78, 5) is 25.7. The number of aliphatic hydroxyl groups excluding tert-OH is 1. The van der Waals surface area contributed by atoms with Crippen LogP contribution in [0.3, 0.4) is 0 Å². The molecule has 1 unspecified atom stereocenters. The third kappa shape index (κ3) is 3.35. The predicted octanol–water partition coefficient (Wildman–Crippen LogP) is 0.537. The lowest BCUT2D eigenvalue weighted by atomic mass is 10.1. The molecule has 2 rings (SSSR count). The summed E-state index contributed by atoms with van der Waals surface area (Å²) < 4.78 is 23.5. The van der Waals surface area contributed by atoms with Crippen molar-refractivity contribution in [1.29, 1.82) is 0 Å². The molecule has 1 N–H and O–H groups in total. The van der Waals surface area contributed by atoms with Gasteiger partial charge in [0.05, 0.1) is 23.3 Å². The SMILES string of the molecule is CC(C)N(C[C@H](O)[C@H](C)N1C(=O)c2ccccc2C1=O)S(=O)[O-]. The highest BCUT2D eigenvalue weighted by molar-refractivity contribution is 7.76. The van der Waals surface area contributed by atoms with E-state index in [9.17, 15) is 23.5 Å². The van der Waals surface area contributed by atoms with Gasteiger partial charge in [0, 0.05) is 23.9 Å². The van der Waals surface area contributed by atoms with Gasteiger partial charge in [-0.1, -0.05) is 12.1 Å². The number of amides is 2. The van der Waals surface area contributed by atoms with Gasteiger partial charge in [-0.3, -0.25) is 18.7 Å². The fraction of sp³-hybridized carbons (Fsp3) is 0.467. The molecule has 0 radical (unpaired) electrons. The minimum atomic E-state index is -2.49. The summed E-state index contributed by atoms with van der Waals surface area (Å²) in [7, 11) is 0. The first-order chi connectivity index (χ1) is 10.8. The molecule has 1 aliphatic rings. The summed E-state index contributed by atoms with van der Waals surface area (Å²) in [5.41, 5.74) is 0.592. The second-order valence-electron chi connectivity index (χ2n) is 5.74. The monoisotopic (exact) mass is 339 g/mol. The van der Waals surface area contributed by atoms with E-state index >= 15 is 0 Å². The first-order valence-electron chi connectivity index (χ1n) is 7.26. The minimum Gasteiger partial charge on any atom is -0.760 e. The number of imide groups is 1. The molecule has 0 saturated carbocycles. The lowest BCUT2D eigenvalue weighted by Crippen LogP contribution is -2.50. The Balaban J connectivity index is 2.18. The smallest absolute Gasteiger partial charge is 0.261 e. The molecule has 1 heterocycles. The normalized spacial score (nSPS) is 18.5. The van der Waals surface area contributed by atoms with Gasteiger partial charge in [-0.05, 0) is 32.9 Å². The molecule has 1 aliphatic heterocycles. The van der Waals surface area contributed by atoms with Gasteiger partial charge in [-0.25, -0.2) is 4.31 Å². The molecule has 0 aromatic heterocycles. The maximum absolute atomic E-state index is 12.4. The van der Waals surface area contributed by atoms with Crippen molar-refractivity contribution in [2.45, 2.75) is 39.0 Å². The lowest BCUT2D eigenvalue weighted by molar-refractivity contribution is 0.0320. The Hall–Kier alpha value is -1.61. The topological polar surface area (TPSA) is 101 Å². The van der Waals surface area contributed by atoms with E-state index in [2.05, 4.69) is 0 Å². The number of carbonyl (C=O) groups excluding carboxylic acids is 2. The van der Waals surface area contributed by atoms with Crippen LogP contribution in [0.25, 0.3) is 0 Å². The molecule has 1 aromatic rings. The number of nitrogens with zero attached hydrogens (tertiary/aromatic N) is 2. The second kappa shape index (κ2) is 6.88. The zero-order valence-corrected chi connectivity index (χ0v) is 13.9. The van der Waals surface area contributed by atoms with Crippen molar-refractivity contribution in [3.63, 3.8) is 0 Å². The quantitative estimate of drug-likeness (QED) is 0.602. The molecular formula is C15H19N2O5S-. The Morgan fingerprint density at radius 3 is 2.04 bits per heavy atom. The number of rotatable bonds is 6. The molecule has 23 heavy (non-hydrogen) atoms. The predicted molar refractivity (Wildman–Crippen MR) is 83.2 cm³/mol. The van der Waals surface area contributed by atoms with E-state index in [1.165, 1.54) is 6.92 Å². The first kappa shape index (κ1) is 17.7. The molecule has 126 valence electrons. The summed E-state index contributed by atoms with van der Waals surface area (Å²) >= 11 is -2.49. The maximum atomic E-state index is 12.4. The van der Waals surface area contributed by atoms with Gasteiger partial charge in [0.25, 0.3) is 11.8 Å². The van der Waals surface area contributed by atoms with E-state index in [0.717, 1.165) is 9.21 Å². The van der Waals surface area contributed by atoms with Gasteiger partial charge >= 0.3 is 0 Å². The highest BCUT2D eigenvalue weighted by Crippen LogP contribution is 2.25. The van der Waals surface area contributed by atoms with E-state index < -0.39 is 35.2 Å². The van der Waals surface area contributed by atoms with Crippen molar-refractivity contribution in [3.05, 3.63) is 35.4 Å². The van der Waals surface area contributed by atoms with Crippen molar-refractivity contribution < 1.29 is 23.5 Å². The Bertz CT molecular complexity index is 614. The standard InChI is InChI=1S/C15H20N2O5S/c1-9(2)16(23(21)22)8-13(18)10(3)17-14(19)11-6-4-5-7-12(11)15(17)20/h4-7,9-10,13,18H,8H2,1-3H3,(H,21,22)/p-1/t10-,13-/m0/s1. The van der Waals surface area contributed by atoms with Gasteiger partial charge in [0.15, 0.2) is 0 Å². The number of carbonyl (C=O) groups is 2. The fourth-order valence-corrected chi connectivity index (χ4v) is 3.15. The number of hydrogen-bond donors (Lipinski definition) is 1. The molecule has 0 fully saturated rings. The molecule has 0 spiro atoms. The van der Waals surface area contributed by atoms with E-state index in [1.54, 1.807) is 38.1 Å². The summed E-state index contributed by atoms with van der Waals surface area (Å²) in [5, 5.41) is 10.3. The van der Waals surface area contributed by atoms with E-state index in [1.807, 2.05) is 0 Å². The van der Waals surface area contributed by atoms with E-state index in [4.69, 9.17) is 0 Å². The van der Waals surface area contributed by atoms with Crippen molar-refractivity contribution in [3.8, 4) is 0 Å². The van der Waals surface area contributed by atoms with Crippen LogP contribution >= 0.6 is 0 Å². The Morgan fingerprint density at radius 2 is 1.65 bits per heavy atom. The molecule has 0 bridgehead atoms. The molecule has 0 saturated heterocycles. The van der Waals surface area contributed by atoms with Gasteiger partial charge in [0.1, 0.15) is 0 Å². The zero-order valence-electron chi connectivity index (χ0n) is 13.1. The van der Waals surface area contributed by atoms with Crippen LogP contribution in [0.4, 0.5) is 0 Å². The fourth-order valence-electron chi connectivity index (χ4n) is 2.53. The third-order valence-corrected chi connectivity index (χ3v) is 4.88. The molecule has 7 nitrogen and oxygen atoms in total. The molecule has 1 aromatic carbocycles. The van der Waals surface area contributed by atoms with Crippen LogP contribution in [0.1, 0.15) is 41.5 Å². The van der Waals surface area contributed by atoms with Crippen LogP contribution in [0.15, 0.2) is 24.3 Å². The average molecular weight is 339 g/mol. The lowest BCUT2D eigenvalue weighted by Gasteiger charge is -2.34. The summed E-state index contributed by atoms with van der Waals surface area (Å²) in [6.07, 6.45) is -1.18. The largest absolute Gasteiger partial charge is 0.760 e. The summed E-state index contributed by atoms with van der Waals surface area (Å²) in [6, 6.07) is 5.26. The summed E-state index contributed by atoms with van der Waals surface area (Å²) in [5.74, 6) is -0.951. The number of fused-ring (bicyclic) bond motifs is 1. The van der Waals surface area contributed by atoms with Gasteiger partial charge in [0.2, 0.25) is 0 Å². The Kier molecular flexibility index (Phi) is 5.30. The average Bonchev–Trinajstić information content (AvgIpc) is 2.75. The zero-order chi connectivity index (χ0) is 17.3. The van der Waals surface area contributed by atoms with Gasteiger partial charge in [-0.2, -0.15) is 0 Å². The first-order valence-corrected chi connectivity index (χ1v) is 8.29. The number of benzene rings is 1. The molecule has 0 aliphatic carbocycles. The van der Waals surface area contributed by atoms with Crippen molar-refractivity contribution in [2.75, 3.05) is 6.54 Å². The van der Waals surface area contributed by atoms with Crippen LogP contribution in [0.5, 0.6) is 0 Å². The van der Waals surface area contributed by atoms with E-state index in [-0.39, 0.29) is 12.6 Å². The highest BCUT2D eigenvalue weighted by Gasteiger charge is 2.40. The molecular weight excluding hydrogens is 320 g/mol.